The zero-order valence-corrected chi connectivity index (χ0v) is 10.6. The number of carbonyl (C=O) groups is 1. The van der Waals surface area contributed by atoms with E-state index >= 15 is 0 Å². The van der Waals surface area contributed by atoms with Crippen LogP contribution in [0.1, 0.15) is 6.92 Å². The number of amides is 1. The Labute approximate surface area is 109 Å². The van der Waals surface area contributed by atoms with Crippen LogP contribution in [-0.4, -0.2) is 28.5 Å². The van der Waals surface area contributed by atoms with E-state index in [1.807, 2.05) is 6.07 Å². The minimum atomic E-state index is -0.372. The van der Waals surface area contributed by atoms with Crippen molar-refractivity contribution >= 4 is 22.6 Å². The fourth-order valence-corrected chi connectivity index (χ4v) is 1.76. The normalized spacial score (nSPS) is 12.1. The first-order valence-corrected chi connectivity index (χ1v) is 5.97. The van der Waals surface area contributed by atoms with E-state index in [1.54, 1.807) is 25.1 Å². The summed E-state index contributed by atoms with van der Waals surface area (Å²) >= 11 is 0. The molecule has 0 aliphatic carbocycles. The molecule has 1 aromatic heterocycles. The van der Waals surface area contributed by atoms with Crippen LogP contribution in [-0.2, 0) is 4.79 Å². The summed E-state index contributed by atoms with van der Waals surface area (Å²) in [5.41, 5.74) is 1.96. The van der Waals surface area contributed by atoms with E-state index < -0.39 is 0 Å². The van der Waals surface area contributed by atoms with Gasteiger partial charge in [-0.25, -0.2) is 4.79 Å². The number of carbonyl (C=O) groups excluding carboxylic acids is 1. The number of aromatic amines is 2. The van der Waals surface area contributed by atoms with Gasteiger partial charge in [0.25, 0.3) is 0 Å². The van der Waals surface area contributed by atoms with Crippen molar-refractivity contribution in [3.63, 3.8) is 0 Å². The molecule has 1 heterocycles. The first-order chi connectivity index (χ1) is 9.10. The number of benzene rings is 1. The van der Waals surface area contributed by atoms with Crippen molar-refractivity contribution < 1.29 is 4.79 Å². The number of nitrogens with one attached hydrogen (secondary N) is 4. The largest absolute Gasteiger partial charge is 0.374 e. The van der Waals surface area contributed by atoms with Crippen LogP contribution in [0.15, 0.2) is 35.6 Å². The molecule has 100 valence electrons. The molecule has 0 fully saturated rings. The first-order valence-electron chi connectivity index (χ1n) is 5.97. The van der Waals surface area contributed by atoms with Gasteiger partial charge in [0.1, 0.15) is 6.04 Å². The summed E-state index contributed by atoms with van der Waals surface area (Å²) in [7, 11) is 0. The van der Waals surface area contributed by atoms with Gasteiger partial charge in [-0.2, -0.15) is 0 Å². The Bertz CT molecular complexity index is 656. The van der Waals surface area contributed by atoms with Crippen molar-refractivity contribution in [1.29, 1.82) is 0 Å². The molecule has 0 radical (unpaired) electrons. The second kappa shape index (κ2) is 5.43. The number of H-pyrrole nitrogens is 2. The highest BCUT2D eigenvalue weighted by molar-refractivity contribution is 5.85. The molecular weight excluding hydrogens is 244 g/mol. The quantitative estimate of drug-likeness (QED) is 0.604. The van der Waals surface area contributed by atoms with Crippen LogP contribution < -0.4 is 16.3 Å². The van der Waals surface area contributed by atoms with Gasteiger partial charge < -0.3 is 20.6 Å². The Morgan fingerprint density at radius 1 is 1.42 bits per heavy atom. The molecule has 0 bridgehead atoms. The summed E-state index contributed by atoms with van der Waals surface area (Å²) in [6.45, 7) is 5.75. The van der Waals surface area contributed by atoms with E-state index in [0.717, 1.165) is 11.2 Å². The second-order valence-electron chi connectivity index (χ2n) is 4.24. The fourth-order valence-electron chi connectivity index (χ4n) is 1.76. The van der Waals surface area contributed by atoms with Crippen LogP contribution in [0.3, 0.4) is 0 Å². The molecule has 2 aromatic rings. The highest BCUT2D eigenvalue weighted by Crippen LogP contribution is 2.15. The third kappa shape index (κ3) is 3.04. The van der Waals surface area contributed by atoms with Crippen molar-refractivity contribution in [3.05, 3.63) is 41.3 Å². The average molecular weight is 260 g/mol. The molecule has 6 nitrogen and oxygen atoms in total. The zero-order valence-electron chi connectivity index (χ0n) is 10.6. The van der Waals surface area contributed by atoms with Gasteiger partial charge in [0, 0.05) is 12.2 Å². The lowest BCUT2D eigenvalue weighted by Gasteiger charge is -2.14. The van der Waals surface area contributed by atoms with Crippen molar-refractivity contribution in [2.45, 2.75) is 13.0 Å². The molecule has 0 aliphatic heterocycles. The van der Waals surface area contributed by atoms with E-state index in [2.05, 4.69) is 27.2 Å². The van der Waals surface area contributed by atoms with Crippen LogP contribution in [0, 0.1) is 0 Å². The number of hydrogen-bond acceptors (Lipinski definition) is 3. The molecule has 19 heavy (non-hydrogen) atoms. The van der Waals surface area contributed by atoms with Crippen LogP contribution in [0.25, 0.3) is 11.0 Å². The smallest absolute Gasteiger partial charge is 0.323 e. The minimum Gasteiger partial charge on any atom is -0.374 e. The lowest BCUT2D eigenvalue weighted by molar-refractivity contribution is -0.121. The summed E-state index contributed by atoms with van der Waals surface area (Å²) in [5, 5.41) is 5.78. The third-order valence-electron chi connectivity index (χ3n) is 2.71. The lowest BCUT2D eigenvalue weighted by atomic mass is 10.2. The van der Waals surface area contributed by atoms with Gasteiger partial charge in [-0.05, 0) is 25.1 Å². The van der Waals surface area contributed by atoms with Gasteiger partial charge in [-0.3, -0.25) is 4.79 Å². The lowest BCUT2D eigenvalue weighted by Crippen LogP contribution is -2.37. The topological polar surface area (TPSA) is 89.8 Å². The maximum absolute atomic E-state index is 11.7. The van der Waals surface area contributed by atoms with Crippen LogP contribution >= 0.6 is 0 Å². The highest BCUT2D eigenvalue weighted by atomic mass is 16.2. The highest BCUT2D eigenvalue weighted by Gasteiger charge is 2.11. The summed E-state index contributed by atoms with van der Waals surface area (Å²) < 4.78 is 0. The number of anilines is 1. The fraction of sp³-hybridized carbons (Fsp3) is 0.231. The van der Waals surface area contributed by atoms with Gasteiger partial charge in [0.15, 0.2) is 0 Å². The molecule has 1 amide bonds. The molecule has 0 aliphatic rings. The molecule has 1 aromatic carbocycles. The number of rotatable bonds is 5. The standard InChI is InChI=1S/C13H16N4O2/c1-3-6-14-12(18)8(2)15-9-4-5-10-11(7-9)17-13(19)16-10/h3-5,7-8,15H,1,6H2,2H3,(H,14,18)(H2,16,17,19). The molecule has 4 N–H and O–H groups in total. The monoisotopic (exact) mass is 260 g/mol. The molecule has 0 spiro atoms. The molecule has 0 saturated carbocycles. The Balaban J connectivity index is 2.09. The van der Waals surface area contributed by atoms with Gasteiger partial charge >= 0.3 is 5.69 Å². The predicted octanol–water partition coefficient (Wildman–Crippen LogP) is 0.959. The Kier molecular flexibility index (Phi) is 3.70. The maximum Gasteiger partial charge on any atom is 0.323 e. The Morgan fingerprint density at radius 2 is 2.16 bits per heavy atom. The van der Waals surface area contributed by atoms with Crippen LogP contribution in [0.5, 0.6) is 0 Å². The van der Waals surface area contributed by atoms with Gasteiger partial charge in [-0.15, -0.1) is 6.58 Å². The van der Waals surface area contributed by atoms with E-state index in [-0.39, 0.29) is 17.6 Å². The summed E-state index contributed by atoms with van der Waals surface area (Å²) in [4.78, 5) is 28.2. The summed E-state index contributed by atoms with van der Waals surface area (Å²) in [5.74, 6) is -0.109. The summed E-state index contributed by atoms with van der Waals surface area (Å²) in [6, 6.07) is 5.00. The Hall–Kier alpha value is -2.50. The van der Waals surface area contributed by atoms with Gasteiger partial charge in [0.05, 0.1) is 11.0 Å². The SMILES string of the molecule is C=CCNC(=O)C(C)Nc1ccc2[nH]c(=O)[nH]c2c1. The molecule has 1 atom stereocenters. The summed E-state index contributed by atoms with van der Waals surface area (Å²) in [6.07, 6.45) is 1.63. The van der Waals surface area contributed by atoms with Crippen molar-refractivity contribution in [2.24, 2.45) is 0 Å². The first kappa shape index (κ1) is 12.9. The van der Waals surface area contributed by atoms with E-state index in [1.165, 1.54) is 0 Å². The molecule has 0 saturated heterocycles. The third-order valence-corrected chi connectivity index (χ3v) is 2.71. The van der Waals surface area contributed by atoms with E-state index in [4.69, 9.17) is 0 Å². The predicted molar refractivity (Wildman–Crippen MR) is 75.2 cm³/mol. The van der Waals surface area contributed by atoms with Crippen molar-refractivity contribution in [2.75, 3.05) is 11.9 Å². The van der Waals surface area contributed by atoms with Crippen molar-refractivity contribution in [1.82, 2.24) is 15.3 Å². The molecule has 6 heteroatoms. The minimum absolute atomic E-state index is 0.109. The molecule has 1 unspecified atom stereocenters. The van der Waals surface area contributed by atoms with Crippen LogP contribution in [0.2, 0.25) is 0 Å². The van der Waals surface area contributed by atoms with Gasteiger partial charge in [-0.1, -0.05) is 6.08 Å². The second-order valence-corrected chi connectivity index (χ2v) is 4.24. The molecule has 2 rings (SSSR count). The number of imidazole rings is 1. The van der Waals surface area contributed by atoms with Gasteiger partial charge in [0.2, 0.25) is 5.91 Å². The van der Waals surface area contributed by atoms with Crippen LogP contribution in [0.4, 0.5) is 5.69 Å². The maximum atomic E-state index is 11.7. The number of aromatic nitrogens is 2. The zero-order chi connectivity index (χ0) is 13.8. The average Bonchev–Trinajstić information content (AvgIpc) is 2.75. The van der Waals surface area contributed by atoms with E-state index in [9.17, 15) is 9.59 Å². The van der Waals surface area contributed by atoms with E-state index in [0.29, 0.717) is 12.1 Å². The van der Waals surface area contributed by atoms with Crippen molar-refractivity contribution in [3.8, 4) is 0 Å². The molecular formula is C13H16N4O2. The Morgan fingerprint density at radius 3 is 2.89 bits per heavy atom. The number of hydrogen-bond donors (Lipinski definition) is 4. The number of fused-ring (bicyclic) bond motifs is 1.